The zero-order valence-electron chi connectivity index (χ0n) is 27.2. The summed E-state index contributed by atoms with van der Waals surface area (Å²) < 4.78 is 13.6. The van der Waals surface area contributed by atoms with Crippen molar-refractivity contribution in [3.8, 4) is 11.3 Å². The van der Waals surface area contributed by atoms with Crippen molar-refractivity contribution in [1.29, 1.82) is 0 Å². The van der Waals surface area contributed by atoms with Gasteiger partial charge in [0.2, 0.25) is 0 Å². The van der Waals surface area contributed by atoms with E-state index in [2.05, 4.69) is 6.92 Å². The van der Waals surface area contributed by atoms with Gasteiger partial charge in [0, 0.05) is 31.8 Å². The van der Waals surface area contributed by atoms with E-state index in [4.69, 9.17) is 14.5 Å². The van der Waals surface area contributed by atoms with Crippen LogP contribution in [-0.4, -0.2) is 86.5 Å². The fourth-order valence-corrected chi connectivity index (χ4v) is 6.61. The Balaban J connectivity index is 1.50. The molecule has 1 saturated carbocycles. The number of benzene rings is 2. The number of imidazole rings is 1. The number of carbonyl (C=O) groups is 2. The van der Waals surface area contributed by atoms with E-state index in [1.54, 1.807) is 11.2 Å². The van der Waals surface area contributed by atoms with Crippen LogP contribution in [0.15, 0.2) is 67.0 Å². The highest BCUT2D eigenvalue weighted by Crippen LogP contribution is 2.41. The molecule has 2 unspecified atom stereocenters. The van der Waals surface area contributed by atoms with Gasteiger partial charge in [-0.2, -0.15) is 0 Å². The quantitative estimate of drug-likeness (QED) is 0.291. The Bertz CT molecular complexity index is 1420. The second-order valence-corrected chi connectivity index (χ2v) is 13.4. The maximum absolute atomic E-state index is 14.6. The van der Waals surface area contributed by atoms with Crippen molar-refractivity contribution in [2.45, 2.75) is 89.5 Å². The lowest BCUT2D eigenvalue weighted by Gasteiger charge is -2.42. The number of piperazine rings is 1. The van der Waals surface area contributed by atoms with E-state index in [0.717, 1.165) is 36.8 Å². The molecule has 5 rings (SSSR count). The van der Waals surface area contributed by atoms with Crippen LogP contribution in [0.1, 0.15) is 81.9 Å². The third kappa shape index (κ3) is 7.76. The van der Waals surface area contributed by atoms with Crippen molar-refractivity contribution in [2.75, 3.05) is 32.8 Å². The van der Waals surface area contributed by atoms with Gasteiger partial charge in [0.15, 0.2) is 5.69 Å². The Morgan fingerprint density at radius 1 is 1.02 bits per heavy atom. The van der Waals surface area contributed by atoms with Crippen LogP contribution in [0.2, 0.25) is 0 Å². The summed E-state index contributed by atoms with van der Waals surface area (Å²) in [6, 6.07) is 19.3. The Hall–Kier alpha value is -3.69. The number of amides is 2. The van der Waals surface area contributed by atoms with E-state index >= 15 is 0 Å². The van der Waals surface area contributed by atoms with Gasteiger partial charge in [-0.05, 0) is 52.0 Å². The number of nitrogens with zero attached hydrogens (tertiary/aromatic N) is 4. The second kappa shape index (κ2) is 14.2. The monoisotopic (exact) mass is 616 g/mol. The van der Waals surface area contributed by atoms with Gasteiger partial charge < -0.3 is 28.9 Å². The zero-order chi connectivity index (χ0) is 32.0. The van der Waals surface area contributed by atoms with Crippen LogP contribution in [0.4, 0.5) is 4.79 Å². The molecule has 1 saturated heterocycles. The van der Waals surface area contributed by atoms with Crippen LogP contribution in [0, 0.1) is 0 Å². The van der Waals surface area contributed by atoms with E-state index in [-0.39, 0.29) is 30.7 Å². The first kappa shape index (κ1) is 32.7. The molecule has 3 aromatic rings. The van der Waals surface area contributed by atoms with E-state index in [0.29, 0.717) is 50.5 Å². The van der Waals surface area contributed by atoms with Crippen LogP contribution in [-0.2, 0) is 15.9 Å². The van der Waals surface area contributed by atoms with Gasteiger partial charge in [0.1, 0.15) is 11.2 Å². The highest BCUT2D eigenvalue weighted by atomic mass is 16.6. The first-order valence-electron chi connectivity index (χ1n) is 16.3. The molecule has 2 aliphatic rings. The molecule has 9 nitrogen and oxygen atoms in total. The van der Waals surface area contributed by atoms with Gasteiger partial charge in [0.25, 0.3) is 5.91 Å². The van der Waals surface area contributed by atoms with Gasteiger partial charge in [0.05, 0.1) is 30.7 Å². The molecule has 9 heteroatoms. The number of hydrogen-bond donors (Lipinski definition) is 1. The van der Waals surface area contributed by atoms with Gasteiger partial charge >= 0.3 is 6.09 Å². The topological polar surface area (TPSA) is 97.1 Å². The summed E-state index contributed by atoms with van der Waals surface area (Å²) in [6.45, 7) is 9.54. The lowest BCUT2D eigenvalue weighted by atomic mass is 9.80. The number of aromatic nitrogens is 2. The molecule has 242 valence electrons. The predicted octanol–water partition coefficient (Wildman–Crippen LogP) is 6.13. The van der Waals surface area contributed by atoms with Crippen LogP contribution in [0.3, 0.4) is 0 Å². The fourth-order valence-electron chi connectivity index (χ4n) is 6.61. The predicted molar refractivity (Wildman–Crippen MR) is 174 cm³/mol. The molecule has 0 spiro atoms. The Morgan fingerprint density at radius 2 is 1.73 bits per heavy atom. The summed E-state index contributed by atoms with van der Waals surface area (Å²) in [4.78, 5) is 36.0. The van der Waals surface area contributed by atoms with Crippen molar-refractivity contribution in [3.05, 3.63) is 78.2 Å². The molecule has 3 atom stereocenters. The highest BCUT2D eigenvalue weighted by molar-refractivity contribution is 5.98. The molecule has 1 aliphatic carbocycles. The second-order valence-electron chi connectivity index (χ2n) is 13.4. The van der Waals surface area contributed by atoms with Crippen molar-refractivity contribution in [1.82, 2.24) is 19.4 Å². The minimum atomic E-state index is -1.06. The van der Waals surface area contributed by atoms with Crippen molar-refractivity contribution >= 4 is 12.0 Å². The molecule has 2 amide bonds. The lowest BCUT2D eigenvalue weighted by molar-refractivity contribution is -0.0990. The molecule has 2 aromatic carbocycles. The number of carbonyl (C=O) groups excluding carboxylic acids is 2. The van der Waals surface area contributed by atoms with Crippen LogP contribution in [0.25, 0.3) is 11.3 Å². The molecule has 1 aliphatic heterocycles. The number of aliphatic hydroxyl groups is 1. The summed E-state index contributed by atoms with van der Waals surface area (Å²) in [7, 11) is 0. The van der Waals surface area contributed by atoms with Crippen LogP contribution < -0.4 is 0 Å². The maximum atomic E-state index is 14.6. The largest absolute Gasteiger partial charge is 0.444 e. The Morgan fingerprint density at radius 3 is 2.42 bits per heavy atom. The first-order chi connectivity index (χ1) is 21.6. The van der Waals surface area contributed by atoms with Crippen molar-refractivity contribution in [3.63, 3.8) is 0 Å². The SMILES string of the molecule is CCCOCC1(O)CCCCC1n1cnc(C(=O)N2CCN(C(=O)OC(C)(C)C)C[C@H]2Cc2ccccc2)c1-c1ccccc1. The third-order valence-electron chi connectivity index (χ3n) is 8.75. The minimum absolute atomic E-state index is 0.182. The summed E-state index contributed by atoms with van der Waals surface area (Å²) >= 11 is 0. The maximum Gasteiger partial charge on any atom is 0.410 e. The van der Waals surface area contributed by atoms with Crippen LogP contribution in [0.5, 0.6) is 0 Å². The fraction of sp³-hybridized carbons (Fsp3) is 0.528. The molecule has 0 bridgehead atoms. The van der Waals surface area contributed by atoms with E-state index < -0.39 is 11.2 Å². The molecule has 2 heterocycles. The van der Waals surface area contributed by atoms with E-state index in [9.17, 15) is 14.7 Å². The molecule has 1 N–H and O–H groups in total. The summed E-state index contributed by atoms with van der Waals surface area (Å²) in [5, 5.41) is 11.9. The molecule has 2 fully saturated rings. The molecule has 0 radical (unpaired) electrons. The Labute approximate surface area is 267 Å². The Kier molecular flexibility index (Phi) is 10.3. The van der Waals surface area contributed by atoms with Crippen LogP contribution >= 0.6 is 0 Å². The highest BCUT2D eigenvalue weighted by Gasteiger charge is 2.43. The smallest absolute Gasteiger partial charge is 0.410 e. The van der Waals surface area contributed by atoms with E-state index in [1.807, 2.05) is 90.9 Å². The molecular weight excluding hydrogens is 568 g/mol. The third-order valence-corrected chi connectivity index (χ3v) is 8.75. The van der Waals surface area contributed by atoms with Gasteiger partial charge in [-0.25, -0.2) is 9.78 Å². The standard InChI is InChI=1S/C36H48N4O5/c1-5-22-44-25-36(43)19-13-12-18-30(36)40-26-37-31(32(40)28-16-10-7-11-17-28)33(41)39-21-20-38(34(42)45-35(2,3)4)24-29(39)23-27-14-8-6-9-15-27/h6-11,14-17,26,29-30,43H,5,12-13,18-25H2,1-4H3/t29-,30?,36?/m1/s1. The van der Waals surface area contributed by atoms with Gasteiger partial charge in [-0.3, -0.25) is 4.79 Å². The number of ether oxygens (including phenoxy) is 2. The number of hydrogen-bond acceptors (Lipinski definition) is 6. The minimum Gasteiger partial charge on any atom is -0.444 e. The summed E-state index contributed by atoms with van der Waals surface area (Å²) in [5.41, 5.74) is 1.33. The zero-order valence-corrected chi connectivity index (χ0v) is 27.2. The van der Waals surface area contributed by atoms with Crippen molar-refractivity contribution in [2.24, 2.45) is 0 Å². The van der Waals surface area contributed by atoms with E-state index in [1.165, 1.54) is 0 Å². The normalized spacial score (nSPS) is 22.3. The summed E-state index contributed by atoms with van der Waals surface area (Å²) in [6.07, 6.45) is 6.11. The lowest BCUT2D eigenvalue weighted by Crippen LogP contribution is -2.58. The molecule has 45 heavy (non-hydrogen) atoms. The summed E-state index contributed by atoms with van der Waals surface area (Å²) in [5.74, 6) is -0.182. The van der Waals surface area contributed by atoms with Gasteiger partial charge in [-0.1, -0.05) is 80.4 Å². The average molecular weight is 617 g/mol. The first-order valence-corrected chi connectivity index (χ1v) is 16.3. The number of rotatable bonds is 9. The van der Waals surface area contributed by atoms with Crippen molar-refractivity contribution < 1.29 is 24.2 Å². The molecule has 1 aromatic heterocycles. The molecular formula is C36H48N4O5. The average Bonchev–Trinajstić information content (AvgIpc) is 3.46. The van der Waals surface area contributed by atoms with Gasteiger partial charge in [-0.15, -0.1) is 0 Å².